The second kappa shape index (κ2) is 5.43. The van der Waals surface area contributed by atoms with E-state index in [1.807, 2.05) is 0 Å². The zero-order valence-electron chi connectivity index (χ0n) is 9.55. The Morgan fingerprint density at radius 1 is 1.35 bits per heavy atom. The first-order chi connectivity index (χ1) is 8.01. The van der Waals surface area contributed by atoms with Crippen molar-refractivity contribution in [1.82, 2.24) is 0 Å². The van der Waals surface area contributed by atoms with E-state index in [4.69, 9.17) is 4.74 Å². The summed E-state index contributed by atoms with van der Waals surface area (Å²) in [5.74, 6) is -2.75. The lowest BCUT2D eigenvalue weighted by Gasteiger charge is -2.10. The van der Waals surface area contributed by atoms with Gasteiger partial charge in [-0.3, -0.25) is 0 Å². The van der Waals surface area contributed by atoms with E-state index >= 15 is 0 Å². The number of hydrogen-bond acceptors (Lipinski definition) is 3. The van der Waals surface area contributed by atoms with Gasteiger partial charge in [-0.2, -0.15) is 0 Å². The molecule has 0 saturated carbocycles. The van der Waals surface area contributed by atoms with Crippen LogP contribution in [0.5, 0.6) is 0 Å². The molecule has 1 rings (SSSR count). The molecule has 0 fully saturated rings. The molecular formula is C12H12F2O3. The van der Waals surface area contributed by atoms with Crippen molar-refractivity contribution in [3.63, 3.8) is 0 Å². The van der Waals surface area contributed by atoms with Crippen LogP contribution in [0.25, 0.3) is 5.76 Å². The van der Waals surface area contributed by atoms with Gasteiger partial charge in [0, 0.05) is 0 Å². The van der Waals surface area contributed by atoms with Crippen LogP contribution < -0.4 is 0 Å². The van der Waals surface area contributed by atoms with Gasteiger partial charge in [0.25, 0.3) is 0 Å². The second-order valence-electron chi connectivity index (χ2n) is 3.16. The van der Waals surface area contributed by atoms with Crippen molar-refractivity contribution in [3.8, 4) is 0 Å². The third kappa shape index (κ3) is 2.81. The van der Waals surface area contributed by atoms with Gasteiger partial charge in [-0.25, -0.2) is 13.6 Å². The number of benzene rings is 1. The smallest absolute Gasteiger partial charge is 0.338 e. The first-order valence-corrected chi connectivity index (χ1v) is 4.90. The predicted octanol–water partition coefficient (Wildman–Crippen LogP) is 2.76. The summed E-state index contributed by atoms with van der Waals surface area (Å²) < 4.78 is 36.5. The van der Waals surface area contributed by atoms with Gasteiger partial charge in [0.2, 0.25) is 0 Å². The van der Waals surface area contributed by atoms with Gasteiger partial charge in [0.15, 0.2) is 0 Å². The Balaban J connectivity index is 3.19. The number of halogens is 2. The minimum absolute atomic E-state index is 0.112. The van der Waals surface area contributed by atoms with E-state index in [1.54, 1.807) is 6.92 Å². The standard InChI is InChI=1S/C12H12F2O3/c1-4-17-7(2)11-9(13)5-8(6-10(11)14)12(15)16-3/h5-6H,2,4H2,1,3H3. The van der Waals surface area contributed by atoms with Gasteiger partial charge in [-0.1, -0.05) is 6.58 Å². The van der Waals surface area contributed by atoms with Gasteiger partial charge in [-0.05, 0) is 19.1 Å². The van der Waals surface area contributed by atoms with Crippen LogP contribution in [0.2, 0.25) is 0 Å². The van der Waals surface area contributed by atoms with Crippen LogP contribution in [0.4, 0.5) is 8.78 Å². The normalized spacial score (nSPS) is 9.88. The molecule has 0 aromatic heterocycles. The predicted molar refractivity (Wildman–Crippen MR) is 58.4 cm³/mol. The van der Waals surface area contributed by atoms with E-state index in [0.29, 0.717) is 0 Å². The minimum Gasteiger partial charge on any atom is -0.494 e. The maximum atomic E-state index is 13.6. The van der Waals surface area contributed by atoms with Crippen molar-refractivity contribution in [2.45, 2.75) is 6.92 Å². The highest BCUT2D eigenvalue weighted by atomic mass is 19.1. The third-order valence-corrected chi connectivity index (χ3v) is 2.06. The zero-order chi connectivity index (χ0) is 13.0. The lowest BCUT2D eigenvalue weighted by molar-refractivity contribution is 0.0599. The second-order valence-corrected chi connectivity index (χ2v) is 3.16. The summed E-state index contributed by atoms with van der Waals surface area (Å²) in [6.07, 6.45) is 0. The molecule has 0 amide bonds. The Labute approximate surface area is 97.7 Å². The molecule has 0 atom stereocenters. The maximum absolute atomic E-state index is 13.6. The van der Waals surface area contributed by atoms with E-state index < -0.39 is 17.6 Å². The van der Waals surface area contributed by atoms with Crippen molar-refractivity contribution in [2.75, 3.05) is 13.7 Å². The van der Waals surface area contributed by atoms with E-state index in [2.05, 4.69) is 11.3 Å². The van der Waals surface area contributed by atoms with Crippen molar-refractivity contribution in [2.24, 2.45) is 0 Å². The quantitative estimate of drug-likeness (QED) is 0.601. The summed E-state index contributed by atoms with van der Waals surface area (Å²) in [6.45, 7) is 5.33. The summed E-state index contributed by atoms with van der Waals surface area (Å²) in [4.78, 5) is 11.1. The van der Waals surface area contributed by atoms with Crippen molar-refractivity contribution >= 4 is 11.7 Å². The largest absolute Gasteiger partial charge is 0.494 e. The Morgan fingerprint density at radius 2 is 1.88 bits per heavy atom. The number of carbonyl (C=O) groups excluding carboxylic acids is 1. The fourth-order valence-corrected chi connectivity index (χ4v) is 1.32. The zero-order valence-corrected chi connectivity index (χ0v) is 9.55. The molecule has 1 aromatic rings. The third-order valence-electron chi connectivity index (χ3n) is 2.06. The highest BCUT2D eigenvalue weighted by Gasteiger charge is 2.18. The van der Waals surface area contributed by atoms with Crippen LogP contribution in [-0.4, -0.2) is 19.7 Å². The van der Waals surface area contributed by atoms with Crippen LogP contribution >= 0.6 is 0 Å². The Hall–Kier alpha value is -1.91. The summed E-state index contributed by atoms with van der Waals surface area (Å²) in [5.41, 5.74) is -0.574. The van der Waals surface area contributed by atoms with Crippen LogP contribution in [0, 0.1) is 11.6 Å². The number of hydrogen-bond donors (Lipinski definition) is 0. The molecule has 0 bridgehead atoms. The maximum Gasteiger partial charge on any atom is 0.338 e. The van der Waals surface area contributed by atoms with E-state index in [1.165, 1.54) is 0 Å². The fraction of sp³-hybridized carbons (Fsp3) is 0.250. The molecule has 0 unspecified atom stereocenters. The van der Waals surface area contributed by atoms with Gasteiger partial charge in [-0.15, -0.1) is 0 Å². The summed E-state index contributed by atoms with van der Waals surface area (Å²) >= 11 is 0. The van der Waals surface area contributed by atoms with Crippen molar-refractivity contribution < 1.29 is 23.0 Å². The molecule has 5 heteroatoms. The van der Waals surface area contributed by atoms with Gasteiger partial charge in [0.1, 0.15) is 17.4 Å². The molecule has 0 aliphatic heterocycles. The van der Waals surface area contributed by atoms with Crippen LogP contribution in [0.1, 0.15) is 22.8 Å². The lowest BCUT2D eigenvalue weighted by Crippen LogP contribution is -2.06. The average molecular weight is 242 g/mol. The number of esters is 1. The molecule has 0 heterocycles. The molecule has 0 N–H and O–H groups in total. The summed E-state index contributed by atoms with van der Waals surface area (Å²) in [5, 5.41) is 0. The topological polar surface area (TPSA) is 35.5 Å². The van der Waals surface area contributed by atoms with E-state index in [9.17, 15) is 13.6 Å². The first-order valence-electron chi connectivity index (χ1n) is 4.90. The molecule has 0 spiro atoms. The summed E-state index contributed by atoms with van der Waals surface area (Å²) in [6, 6.07) is 1.77. The Bertz CT molecular complexity index is 432. The van der Waals surface area contributed by atoms with Crippen LogP contribution in [0.15, 0.2) is 18.7 Å². The Kier molecular flexibility index (Phi) is 4.20. The van der Waals surface area contributed by atoms with E-state index in [0.717, 1.165) is 19.2 Å². The molecule has 17 heavy (non-hydrogen) atoms. The highest BCUT2D eigenvalue weighted by molar-refractivity contribution is 5.89. The molecule has 0 aliphatic carbocycles. The highest BCUT2D eigenvalue weighted by Crippen LogP contribution is 2.23. The lowest BCUT2D eigenvalue weighted by atomic mass is 10.1. The SMILES string of the molecule is C=C(OCC)c1c(F)cc(C(=O)OC)cc1F. The Morgan fingerprint density at radius 3 is 2.29 bits per heavy atom. The summed E-state index contributed by atoms with van der Waals surface area (Å²) in [7, 11) is 1.13. The first kappa shape index (κ1) is 13.2. The molecule has 92 valence electrons. The molecule has 0 radical (unpaired) electrons. The van der Waals surface area contributed by atoms with Crippen LogP contribution in [-0.2, 0) is 9.47 Å². The van der Waals surface area contributed by atoms with Crippen molar-refractivity contribution in [1.29, 1.82) is 0 Å². The van der Waals surface area contributed by atoms with Crippen molar-refractivity contribution in [3.05, 3.63) is 41.5 Å². The molecule has 0 saturated heterocycles. The van der Waals surface area contributed by atoms with Crippen LogP contribution in [0.3, 0.4) is 0 Å². The number of rotatable bonds is 4. The number of carbonyl (C=O) groups is 1. The minimum atomic E-state index is -0.913. The number of ether oxygens (including phenoxy) is 2. The van der Waals surface area contributed by atoms with Gasteiger partial charge >= 0.3 is 5.97 Å². The number of methoxy groups -OCH3 is 1. The van der Waals surface area contributed by atoms with E-state index in [-0.39, 0.29) is 23.5 Å². The molecule has 1 aromatic carbocycles. The monoisotopic (exact) mass is 242 g/mol. The fourth-order valence-electron chi connectivity index (χ4n) is 1.32. The molecule has 3 nitrogen and oxygen atoms in total. The molecule has 0 aliphatic rings. The van der Waals surface area contributed by atoms with Gasteiger partial charge < -0.3 is 9.47 Å². The average Bonchev–Trinajstić information content (AvgIpc) is 2.27. The molecular weight excluding hydrogens is 230 g/mol. The van der Waals surface area contributed by atoms with Gasteiger partial charge in [0.05, 0.1) is 24.8 Å².